The highest BCUT2D eigenvalue weighted by molar-refractivity contribution is 5.86. The Hall–Kier alpha value is -2.31. The van der Waals surface area contributed by atoms with Gasteiger partial charge in [0.15, 0.2) is 23.1 Å². The van der Waals surface area contributed by atoms with Gasteiger partial charge in [0.1, 0.15) is 6.61 Å². The molecule has 0 aliphatic heterocycles. The molecule has 0 aliphatic carbocycles. The van der Waals surface area contributed by atoms with Crippen LogP contribution in [0.2, 0.25) is 0 Å². The molecule has 0 amide bonds. The molecule has 0 aliphatic rings. The molecule has 4 nitrogen and oxygen atoms in total. The van der Waals surface area contributed by atoms with E-state index >= 15 is 0 Å². The van der Waals surface area contributed by atoms with Crippen molar-refractivity contribution in [3.63, 3.8) is 0 Å². The number of H-pyrrole nitrogens is 1. The highest BCUT2D eigenvalue weighted by Gasteiger charge is 2.13. The second-order valence-electron chi connectivity index (χ2n) is 3.40. The standard InChI is InChI=1S/C11H7F3N2O2/c12-7-1-6(2-8(13)10(7)14)4-18-11(17)9-3-15-5-16-9/h1-3,5H,4H2,(H,15,16). The van der Waals surface area contributed by atoms with Gasteiger partial charge in [0.25, 0.3) is 0 Å². The number of carbonyl (C=O) groups is 1. The number of rotatable bonds is 3. The first-order chi connectivity index (χ1) is 8.58. The largest absolute Gasteiger partial charge is 0.456 e. The Labute approximate surface area is 99.4 Å². The highest BCUT2D eigenvalue weighted by atomic mass is 19.2. The fourth-order valence-corrected chi connectivity index (χ4v) is 1.29. The van der Waals surface area contributed by atoms with Crippen molar-refractivity contribution in [3.05, 3.63) is 53.4 Å². The molecular weight excluding hydrogens is 249 g/mol. The molecule has 0 saturated heterocycles. The second kappa shape index (κ2) is 4.91. The van der Waals surface area contributed by atoms with Crippen LogP contribution in [0.15, 0.2) is 24.7 Å². The number of imidazole rings is 1. The van der Waals surface area contributed by atoms with E-state index in [2.05, 4.69) is 9.97 Å². The van der Waals surface area contributed by atoms with Gasteiger partial charge in [-0.3, -0.25) is 0 Å². The van der Waals surface area contributed by atoms with Crippen molar-refractivity contribution >= 4 is 5.97 Å². The lowest BCUT2D eigenvalue weighted by Crippen LogP contribution is -2.06. The minimum Gasteiger partial charge on any atom is -0.456 e. The summed E-state index contributed by atoms with van der Waals surface area (Å²) in [5.41, 5.74) is 0.0494. The van der Waals surface area contributed by atoms with Crippen LogP contribution in [-0.2, 0) is 11.3 Å². The number of aromatic amines is 1. The fourth-order valence-electron chi connectivity index (χ4n) is 1.29. The molecule has 0 atom stereocenters. The molecule has 0 fully saturated rings. The first-order valence-electron chi connectivity index (χ1n) is 4.87. The summed E-state index contributed by atoms with van der Waals surface area (Å²) in [6, 6.07) is 1.52. The van der Waals surface area contributed by atoms with Crippen LogP contribution >= 0.6 is 0 Å². The number of halogens is 3. The van der Waals surface area contributed by atoms with Gasteiger partial charge in [-0.2, -0.15) is 0 Å². The van der Waals surface area contributed by atoms with E-state index in [9.17, 15) is 18.0 Å². The molecule has 7 heteroatoms. The van der Waals surface area contributed by atoms with Crippen molar-refractivity contribution in [1.82, 2.24) is 9.97 Å². The van der Waals surface area contributed by atoms with E-state index in [-0.39, 0.29) is 17.9 Å². The number of benzene rings is 1. The van der Waals surface area contributed by atoms with Crippen molar-refractivity contribution in [2.45, 2.75) is 6.61 Å². The average Bonchev–Trinajstić information content (AvgIpc) is 2.86. The van der Waals surface area contributed by atoms with Crippen LogP contribution in [0.25, 0.3) is 0 Å². The zero-order valence-corrected chi connectivity index (χ0v) is 8.91. The topological polar surface area (TPSA) is 55.0 Å². The number of ether oxygens (including phenoxy) is 1. The van der Waals surface area contributed by atoms with Crippen LogP contribution in [0, 0.1) is 17.5 Å². The molecular formula is C11H7F3N2O2. The normalized spacial score (nSPS) is 10.4. The molecule has 1 aromatic carbocycles. The lowest BCUT2D eigenvalue weighted by molar-refractivity contribution is 0.0465. The molecule has 18 heavy (non-hydrogen) atoms. The van der Waals surface area contributed by atoms with Gasteiger partial charge in [0.05, 0.1) is 6.33 Å². The summed E-state index contributed by atoms with van der Waals surface area (Å²) in [6.07, 6.45) is 2.60. The molecule has 0 spiro atoms. The third-order valence-corrected chi connectivity index (χ3v) is 2.12. The Bertz CT molecular complexity index is 547. The maximum absolute atomic E-state index is 12.9. The molecule has 1 aromatic heterocycles. The first kappa shape index (κ1) is 12.2. The first-order valence-corrected chi connectivity index (χ1v) is 4.87. The SMILES string of the molecule is O=C(OCc1cc(F)c(F)c(F)c1)c1c[nH]cn1. The minimum absolute atomic E-state index is 0.00952. The molecule has 1 heterocycles. The zero-order valence-electron chi connectivity index (χ0n) is 8.91. The zero-order chi connectivity index (χ0) is 13.1. The van der Waals surface area contributed by atoms with Crippen molar-refractivity contribution in [2.75, 3.05) is 0 Å². The monoisotopic (exact) mass is 256 g/mol. The van der Waals surface area contributed by atoms with E-state index < -0.39 is 23.4 Å². The average molecular weight is 256 g/mol. The van der Waals surface area contributed by atoms with Crippen LogP contribution in [0.5, 0.6) is 0 Å². The van der Waals surface area contributed by atoms with Gasteiger partial charge in [-0.25, -0.2) is 22.9 Å². The van der Waals surface area contributed by atoms with Crippen LogP contribution < -0.4 is 0 Å². The second-order valence-corrected chi connectivity index (χ2v) is 3.40. The van der Waals surface area contributed by atoms with Gasteiger partial charge in [-0.15, -0.1) is 0 Å². The van der Waals surface area contributed by atoms with E-state index in [0.717, 1.165) is 12.1 Å². The molecule has 1 N–H and O–H groups in total. The van der Waals surface area contributed by atoms with Crippen molar-refractivity contribution in [3.8, 4) is 0 Å². The third-order valence-electron chi connectivity index (χ3n) is 2.12. The lowest BCUT2D eigenvalue weighted by Gasteiger charge is -2.04. The fraction of sp³-hybridized carbons (Fsp3) is 0.0909. The maximum Gasteiger partial charge on any atom is 0.358 e. The summed E-state index contributed by atoms with van der Waals surface area (Å²) in [7, 11) is 0. The minimum atomic E-state index is -1.56. The molecule has 2 rings (SSSR count). The molecule has 0 saturated carbocycles. The lowest BCUT2D eigenvalue weighted by atomic mass is 10.2. The quantitative estimate of drug-likeness (QED) is 0.676. The summed E-state index contributed by atoms with van der Waals surface area (Å²) >= 11 is 0. The molecule has 94 valence electrons. The number of aromatic nitrogens is 2. The van der Waals surface area contributed by atoms with Gasteiger partial charge in [-0.05, 0) is 17.7 Å². The Morgan fingerprint density at radius 3 is 2.50 bits per heavy atom. The van der Waals surface area contributed by atoms with Gasteiger partial charge < -0.3 is 9.72 Å². The summed E-state index contributed by atoms with van der Waals surface area (Å²) < 4.78 is 43.1. The van der Waals surface area contributed by atoms with Crippen LogP contribution in [0.1, 0.15) is 16.1 Å². The van der Waals surface area contributed by atoms with Gasteiger partial charge in [0.2, 0.25) is 0 Å². The Morgan fingerprint density at radius 2 is 1.94 bits per heavy atom. The predicted molar refractivity (Wildman–Crippen MR) is 54.0 cm³/mol. The Balaban J connectivity index is 2.05. The summed E-state index contributed by atoms with van der Waals surface area (Å²) in [5, 5.41) is 0. The number of nitrogens with one attached hydrogen (secondary N) is 1. The molecule has 0 unspecified atom stereocenters. The van der Waals surface area contributed by atoms with Gasteiger partial charge in [0, 0.05) is 6.20 Å². The molecule has 0 bridgehead atoms. The van der Waals surface area contributed by atoms with E-state index in [4.69, 9.17) is 4.74 Å². The third kappa shape index (κ3) is 2.50. The highest BCUT2D eigenvalue weighted by Crippen LogP contribution is 2.14. The Kier molecular flexibility index (Phi) is 3.31. The summed E-state index contributed by atoms with van der Waals surface area (Å²) in [4.78, 5) is 17.5. The summed E-state index contributed by atoms with van der Waals surface area (Å²) in [5.74, 6) is -4.97. The van der Waals surface area contributed by atoms with E-state index in [0.29, 0.717) is 0 Å². The number of carbonyl (C=O) groups excluding carboxylic acids is 1. The Morgan fingerprint density at radius 1 is 1.28 bits per heavy atom. The maximum atomic E-state index is 12.9. The van der Waals surface area contributed by atoms with E-state index in [1.54, 1.807) is 0 Å². The molecule has 2 aromatic rings. The van der Waals surface area contributed by atoms with E-state index in [1.807, 2.05) is 0 Å². The predicted octanol–water partition coefficient (Wildman–Crippen LogP) is 2.18. The van der Waals surface area contributed by atoms with E-state index in [1.165, 1.54) is 12.5 Å². The van der Waals surface area contributed by atoms with Gasteiger partial charge >= 0.3 is 5.97 Å². The van der Waals surface area contributed by atoms with Crippen molar-refractivity contribution in [1.29, 1.82) is 0 Å². The number of hydrogen-bond acceptors (Lipinski definition) is 3. The van der Waals surface area contributed by atoms with Gasteiger partial charge in [-0.1, -0.05) is 0 Å². The van der Waals surface area contributed by atoms with Crippen molar-refractivity contribution in [2.24, 2.45) is 0 Å². The number of esters is 1. The van der Waals surface area contributed by atoms with Crippen LogP contribution in [0.4, 0.5) is 13.2 Å². The van der Waals surface area contributed by atoms with Crippen LogP contribution in [-0.4, -0.2) is 15.9 Å². The van der Waals surface area contributed by atoms with Crippen LogP contribution in [0.3, 0.4) is 0 Å². The van der Waals surface area contributed by atoms with Crippen molar-refractivity contribution < 1.29 is 22.7 Å². The summed E-state index contributed by atoms with van der Waals surface area (Å²) in [6.45, 7) is -0.375. The molecule has 0 radical (unpaired) electrons. The number of hydrogen-bond donors (Lipinski definition) is 1. The number of nitrogens with zero attached hydrogens (tertiary/aromatic N) is 1. The smallest absolute Gasteiger partial charge is 0.358 e.